The maximum Gasteiger partial charge on any atom is 0.246 e. The van der Waals surface area contributed by atoms with Crippen LogP contribution in [0.15, 0.2) is 36.7 Å². The third-order valence-corrected chi connectivity index (χ3v) is 4.37. The Balaban J connectivity index is 1.58. The highest BCUT2D eigenvalue weighted by atomic mass is 16.5. The number of hydrogen-bond acceptors (Lipinski definition) is 5. The van der Waals surface area contributed by atoms with Gasteiger partial charge in [-0.3, -0.25) is 4.79 Å². The summed E-state index contributed by atoms with van der Waals surface area (Å²) in [6, 6.07) is 5.83. The number of rotatable bonds is 5. The fraction of sp³-hybridized carbons (Fsp3) is 0.389. The Morgan fingerprint density at radius 1 is 1.12 bits per heavy atom. The number of hydrogen-bond donors (Lipinski definition) is 0. The normalized spacial score (nSPS) is 15.5. The van der Waals surface area contributed by atoms with Crippen molar-refractivity contribution < 1.29 is 14.3 Å². The Morgan fingerprint density at radius 2 is 1.80 bits per heavy atom. The number of carbonyl (C=O) groups excluding carboxylic acids is 1. The van der Waals surface area contributed by atoms with Gasteiger partial charge in [0.1, 0.15) is 0 Å². The summed E-state index contributed by atoms with van der Waals surface area (Å²) in [7, 11) is 3.19. The number of carbonyl (C=O) groups is 1. The van der Waals surface area contributed by atoms with Crippen molar-refractivity contribution in [2.45, 2.75) is 18.9 Å². The van der Waals surface area contributed by atoms with Crippen molar-refractivity contribution in [2.24, 2.45) is 0 Å². The average Bonchev–Trinajstić information content (AvgIpc) is 3.20. The summed E-state index contributed by atoms with van der Waals surface area (Å²) in [6.07, 6.45) is 8.50. The van der Waals surface area contributed by atoms with Crippen molar-refractivity contribution in [1.82, 2.24) is 19.9 Å². The molecule has 0 spiro atoms. The molecule has 0 N–H and O–H groups in total. The van der Waals surface area contributed by atoms with Gasteiger partial charge in [0.2, 0.25) is 5.91 Å². The van der Waals surface area contributed by atoms with Crippen LogP contribution in [-0.4, -0.2) is 53.1 Å². The number of likely N-dealkylation sites (tertiary alicyclic amines) is 1. The number of nitrogens with zero attached hydrogens (tertiary/aromatic N) is 4. The van der Waals surface area contributed by atoms with Crippen LogP contribution in [0.5, 0.6) is 11.5 Å². The van der Waals surface area contributed by atoms with Crippen LogP contribution in [0.25, 0.3) is 6.08 Å². The standard InChI is InChI=1S/C18H22N4O3/c1-24-16-5-3-14(13-17(16)25-2)4-6-18(23)21-11-7-15(8-12-21)22-19-9-10-20-22/h3-6,9-10,13,15H,7-8,11-12H2,1-2H3/b6-4+. The van der Waals surface area contributed by atoms with Crippen LogP contribution in [0, 0.1) is 0 Å². The molecule has 0 atom stereocenters. The van der Waals surface area contributed by atoms with E-state index in [2.05, 4.69) is 10.2 Å². The molecule has 0 radical (unpaired) electrons. The number of amides is 1. The van der Waals surface area contributed by atoms with Crippen LogP contribution >= 0.6 is 0 Å². The minimum atomic E-state index is 0.0154. The Hall–Kier alpha value is -2.83. The first-order chi connectivity index (χ1) is 12.2. The second kappa shape index (κ2) is 7.83. The van der Waals surface area contributed by atoms with Gasteiger partial charge in [-0.2, -0.15) is 15.0 Å². The van der Waals surface area contributed by atoms with Gasteiger partial charge in [-0.05, 0) is 36.6 Å². The molecule has 1 fully saturated rings. The maximum absolute atomic E-state index is 12.4. The molecule has 1 aliphatic rings. The Labute approximate surface area is 146 Å². The largest absolute Gasteiger partial charge is 0.493 e. The number of benzene rings is 1. The topological polar surface area (TPSA) is 69.5 Å². The van der Waals surface area contributed by atoms with Crippen molar-refractivity contribution in [3.63, 3.8) is 0 Å². The van der Waals surface area contributed by atoms with Crippen molar-refractivity contribution >= 4 is 12.0 Å². The van der Waals surface area contributed by atoms with Crippen LogP contribution in [0.3, 0.4) is 0 Å². The zero-order valence-corrected chi connectivity index (χ0v) is 14.5. The summed E-state index contributed by atoms with van der Waals surface area (Å²) in [4.78, 5) is 16.0. The smallest absolute Gasteiger partial charge is 0.246 e. The lowest BCUT2D eigenvalue weighted by Crippen LogP contribution is -2.38. The van der Waals surface area contributed by atoms with E-state index in [-0.39, 0.29) is 11.9 Å². The van der Waals surface area contributed by atoms with Crippen LogP contribution in [0.1, 0.15) is 24.4 Å². The van der Waals surface area contributed by atoms with Crippen molar-refractivity contribution in [3.8, 4) is 11.5 Å². The first-order valence-corrected chi connectivity index (χ1v) is 8.26. The van der Waals surface area contributed by atoms with E-state index < -0.39 is 0 Å². The molecule has 0 bridgehead atoms. The van der Waals surface area contributed by atoms with Gasteiger partial charge in [-0.15, -0.1) is 0 Å². The summed E-state index contributed by atoms with van der Waals surface area (Å²) < 4.78 is 10.5. The van der Waals surface area contributed by atoms with E-state index in [1.165, 1.54) is 0 Å². The van der Waals surface area contributed by atoms with Crippen molar-refractivity contribution in [3.05, 3.63) is 42.2 Å². The van der Waals surface area contributed by atoms with Crippen molar-refractivity contribution in [1.29, 1.82) is 0 Å². The van der Waals surface area contributed by atoms with E-state index in [0.29, 0.717) is 24.6 Å². The van der Waals surface area contributed by atoms with Gasteiger partial charge >= 0.3 is 0 Å². The predicted octanol–water partition coefficient (Wildman–Crippen LogP) is 2.17. The lowest BCUT2D eigenvalue weighted by atomic mass is 10.1. The van der Waals surface area contributed by atoms with Crippen LogP contribution in [-0.2, 0) is 4.79 Å². The van der Waals surface area contributed by atoms with Crippen LogP contribution in [0.2, 0.25) is 0 Å². The molecule has 2 heterocycles. The molecule has 1 aliphatic heterocycles. The van der Waals surface area contributed by atoms with Gasteiger partial charge in [0.25, 0.3) is 0 Å². The summed E-state index contributed by atoms with van der Waals surface area (Å²) >= 11 is 0. The molecule has 132 valence electrons. The van der Waals surface area contributed by atoms with Gasteiger partial charge in [0.05, 0.1) is 32.7 Å². The average molecular weight is 342 g/mol. The third-order valence-electron chi connectivity index (χ3n) is 4.37. The molecule has 2 aromatic rings. The summed E-state index contributed by atoms with van der Waals surface area (Å²) in [5.41, 5.74) is 0.890. The molecule has 0 aliphatic carbocycles. The molecule has 0 saturated carbocycles. The van der Waals surface area contributed by atoms with Gasteiger partial charge in [0.15, 0.2) is 11.5 Å². The molecule has 1 saturated heterocycles. The fourth-order valence-corrected chi connectivity index (χ4v) is 2.96. The lowest BCUT2D eigenvalue weighted by Gasteiger charge is -2.30. The second-order valence-electron chi connectivity index (χ2n) is 5.85. The lowest BCUT2D eigenvalue weighted by molar-refractivity contribution is -0.127. The molecular formula is C18H22N4O3. The molecule has 1 amide bonds. The van der Waals surface area contributed by atoms with Gasteiger partial charge in [0, 0.05) is 19.2 Å². The second-order valence-corrected chi connectivity index (χ2v) is 5.85. The van der Waals surface area contributed by atoms with Crippen LogP contribution < -0.4 is 9.47 Å². The fourth-order valence-electron chi connectivity index (χ4n) is 2.96. The first kappa shape index (κ1) is 17.0. The predicted molar refractivity (Wildman–Crippen MR) is 93.5 cm³/mol. The van der Waals surface area contributed by atoms with E-state index >= 15 is 0 Å². The van der Waals surface area contributed by atoms with Gasteiger partial charge in [-0.1, -0.05) is 6.07 Å². The molecule has 3 rings (SSSR count). The monoisotopic (exact) mass is 342 g/mol. The molecular weight excluding hydrogens is 320 g/mol. The number of ether oxygens (including phenoxy) is 2. The summed E-state index contributed by atoms with van der Waals surface area (Å²) in [5.74, 6) is 1.33. The van der Waals surface area contributed by atoms with E-state index in [9.17, 15) is 4.79 Å². The first-order valence-electron chi connectivity index (χ1n) is 8.26. The quantitative estimate of drug-likeness (QED) is 0.779. The Bertz CT molecular complexity index is 735. The summed E-state index contributed by atoms with van der Waals surface area (Å²) in [6.45, 7) is 1.42. The highest BCUT2D eigenvalue weighted by Gasteiger charge is 2.23. The Morgan fingerprint density at radius 3 is 2.44 bits per heavy atom. The molecule has 25 heavy (non-hydrogen) atoms. The highest BCUT2D eigenvalue weighted by Crippen LogP contribution is 2.28. The number of methoxy groups -OCH3 is 2. The molecule has 1 aromatic carbocycles. The Kier molecular flexibility index (Phi) is 5.33. The third kappa shape index (κ3) is 3.99. The molecule has 7 heteroatoms. The number of aromatic nitrogens is 3. The van der Waals surface area contributed by atoms with E-state index in [1.807, 2.05) is 23.1 Å². The SMILES string of the molecule is COc1ccc(/C=C/C(=O)N2CCC(n3nccn3)CC2)cc1OC. The van der Waals surface area contributed by atoms with E-state index in [1.54, 1.807) is 43.6 Å². The van der Waals surface area contributed by atoms with E-state index in [4.69, 9.17) is 9.47 Å². The summed E-state index contributed by atoms with van der Waals surface area (Å²) in [5, 5.41) is 8.36. The zero-order chi connectivity index (χ0) is 17.6. The van der Waals surface area contributed by atoms with Gasteiger partial charge in [-0.25, -0.2) is 0 Å². The minimum absolute atomic E-state index is 0.0154. The maximum atomic E-state index is 12.4. The van der Waals surface area contributed by atoms with Crippen molar-refractivity contribution in [2.75, 3.05) is 27.3 Å². The van der Waals surface area contributed by atoms with Crippen LogP contribution in [0.4, 0.5) is 0 Å². The van der Waals surface area contributed by atoms with E-state index in [0.717, 1.165) is 18.4 Å². The molecule has 7 nitrogen and oxygen atoms in total. The highest BCUT2D eigenvalue weighted by molar-refractivity contribution is 5.91. The minimum Gasteiger partial charge on any atom is -0.493 e. The van der Waals surface area contributed by atoms with Gasteiger partial charge < -0.3 is 14.4 Å². The zero-order valence-electron chi connectivity index (χ0n) is 14.5. The molecule has 0 unspecified atom stereocenters. The number of piperidine rings is 1. The molecule has 1 aromatic heterocycles.